The number of Topliss-reactive ketones (excluding diaryl/α,β-unsaturated/α-hetero) is 1. The van der Waals surface area contributed by atoms with Gasteiger partial charge < -0.3 is 4.57 Å². The SMILES string of the molecule is CCCCn1c(Cl)c(C(C)=O)c2ccc(Cl)cc21. The van der Waals surface area contributed by atoms with Gasteiger partial charge in [-0.3, -0.25) is 4.79 Å². The van der Waals surface area contributed by atoms with E-state index in [4.69, 9.17) is 23.2 Å². The van der Waals surface area contributed by atoms with Crippen LogP contribution in [0.2, 0.25) is 10.2 Å². The summed E-state index contributed by atoms with van der Waals surface area (Å²) in [6.07, 6.45) is 2.10. The summed E-state index contributed by atoms with van der Waals surface area (Å²) >= 11 is 12.4. The number of unbranched alkanes of at least 4 members (excludes halogenated alkanes) is 1. The van der Waals surface area contributed by atoms with Gasteiger partial charge in [0, 0.05) is 17.0 Å². The zero-order valence-corrected chi connectivity index (χ0v) is 12.0. The minimum absolute atomic E-state index is 0.0115. The van der Waals surface area contributed by atoms with Gasteiger partial charge in [-0.15, -0.1) is 0 Å². The van der Waals surface area contributed by atoms with Crippen molar-refractivity contribution in [2.75, 3.05) is 0 Å². The van der Waals surface area contributed by atoms with E-state index in [1.54, 1.807) is 13.0 Å². The molecule has 0 aliphatic heterocycles. The maximum absolute atomic E-state index is 11.7. The normalized spacial score (nSPS) is 11.1. The minimum Gasteiger partial charge on any atom is -0.331 e. The number of hydrogen-bond acceptors (Lipinski definition) is 1. The Labute approximate surface area is 116 Å². The van der Waals surface area contributed by atoms with E-state index in [1.807, 2.05) is 16.7 Å². The highest BCUT2D eigenvalue weighted by Crippen LogP contribution is 2.32. The van der Waals surface area contributed by atoms with Gasteiger partial charge in [-0.1, -0.05) is 42.6 Å². The molecule has 0 N–H and O–H groups in total. The third kappa shape index (κ3) is 2.27. The molecule has 0 aliphatic carbocycles. The van der Waals surface area contributed by atoms with Crippen LogP contribution in [0.4, 0.5) is 0 Å². The van der Waals surface area contributed by atoms with Crippen LogP contribution in [0, 0.1) is 0 Å². The summed E-state index contributed by atoms with van der Waals surface area (Å²) in [7, 11) is 0. The maximum Gasteiger partial charge on any atom is 0.163 e. The molecule has 4 heteroatoms. The number of fused-ring (bicyclic) bond motifs is 1. The van der Waals surface area contributed by atoms with Crippen molar-refractivity contribution in [1.29, 1.82) is 0 Å². The summed E-state index contributed by atoms with van der Waals surface area (Å²) in [5, 5.41) is 2.06. The molecule has 96 valence electrons. The predicted molar refractivity (Wildman–Crippen MR) is 76.9 cm³/mol. The van der Waals surface area contributed by atoms with Gasteiger partial charge in [0.1, 0.15) is 5.15 Å². The molecule has 0 amide bonds. The van der Waals surface area contributed by atoms with Gasteiger partial charge in [0.25, 0.3) is 0 Å². The van der Waals surface area contributed by atoms with Crippen LogP contribution in [0.1, 0.15) is 37.0 Å². The number of aromatic nitrogens is 1. The second-order valence-electron chi connectivity index (χ2n) is 4.39. The van der Waals surface area contributed by atoms with Crippen molar-refractivity contribution < 1.29 is 4.79 Å². The van der Waals surface area contributed by atoms with Crippen LogP contribution in [0.15, 0.2) is 18.2 Å². The highest BCUT2D eigenvalue weighted by atomic mass is 35.5. The molecule has 0 bridgehead atoms. The van der Waals surface area contributed by atoms with Gasteiger partial charge in [-0.05, 0) is 25.5 Å². The fourth-order valence-corrected chi connectivity index (χ4v) is 2.74. The topological polar surface area (TPSA) is 22.0 Å². The molecule has 1 heterocycles. The van der Waals surface area contributed by atoms with E-state index >= 15 is 0 Å². The van der Waals surface area contributed by atoms with E-state index in [-0.39, 0.29) is 5.78 Å². The fourth-order valence-electron chi connectivity index (χ4n) is 2.16. The number of carbonyl (C=O) groups is 1. The fraction of sp³-hybridized carbons (Fsp3) is 0.357. The first-order valence-electron chi connectivity index (χ1n) is 6.04. The first-order chi connectivity index (χ1) is 8.56. The van der Waals surface area contributed by atoms with Gasteiger partial charge >= 0.3 is 0 Å². The van der Waals surface area contributed by atoms with E-state index in [0.29, 0.717) is 15.7 Å². The Hall–Kier alpha value is -0.990. The molecule has 0 saturated heterocycles. The number of aryl methyl sites for hydroxylation is 1. The van der Waals surface area contributed by atoms with Gasteiger partial charge in [0.05, 0.1) is 11.1 Å². The minimum atomic E-state index is -0.0115. The van der Waals surface area contributed by atoms with Crippen LogP contribution in [0.25, 0.3) is 10.9 Å². The van der Waals surface area contributed by atoms with Gasteiger partial charge in [-0.25, -0.2) is 0 Å². The molecule has 18 heavy (non-hydrogen) atoms. The molecular weight excluding hydrogens is 269 g/mol. The second-order valence-corrected chi connectivity index (χ2v) is 5.18. The summed E-state index contributed by atoms with van der Waals surface area (Å²) < 4.78 is 1.98. The van der Waals surface area contributed by atoms with Crippen molar-refractivity contribution in [3.05, 3.63) is 33.9 Å². The molecule has 0 unspecified atom stereocenters. The molecule has 0 atom stereocenters. The van der Waals surface area contributed by atoms with E-state index in [2.05, 4.69) is 6.92 Å². The van der Waals surface area contributed by atoms with Crippen LogP contribution in [-0.2, 0) is 6.54 Å². The van der Waals surface area contributed by atoms with Crippen molar-refractivity contribution in [2.45, 2.75) is 33.2 Å². The molecule has 0 spiro atoms. The number of rotatable bonds is 4. The van der Waals surface area contributed by atoms with Crippen molar-refractivity contribution >= 4 is 39.9 Å². The first-order valence-corrected chi connectivity index (χ1v) is 6.80. The number of carbonyl (C=O) groups excluding carboxylic acids is 1. The average Bonchev–Trinajstić information content (AvgIpc) is 2.58. The lowest BCUT2D eigenvalue weighted by molar-refractivity contribution is 0.101. The molecule has 0 fully saturated rings. The Balaban J connectivity index is 2.70. The largest absolute Gasteiger partial charge is 0.331 e. The monoisotopic (exact) mass is 283 g/mol. The van der Waals surface area contributed by atoms with Crippen LogP contribution in [0.3, 0.4) is 0 Å². The molecule has 2 aromatic rings. The number of nitrogens with zero attached hydrogens (tertiary/aromatic N) is 1. The highest BCUT2D eigenvalue weighted by molar-refractivity contribution is 6.36. The molecular formula is C14H15Cl2NO. The average molecular weight is 284 g/mol. The Morgan fingerprint density at radius 3 is 2.67 bits per heavy atom. The van der Waals surface area contributed by atoms with E-state index < -0.39 is 0 Å². The Kier molecular flexibility index (Phi) is 3.98. The zero-order valence-electron chi connectivity index (χ0n) is 10.5. The van der Waals surface area contributed by atoms with Gasteiger partial charge in [-0.2, -0.15) is 0 Å². The zero-order chi connectivity index (χ0) is 13.3. The Morgan fingerprint density at radius 2 is 2.06 bits per heavy atom. The summed E-state index contributed by atoms with van der Waals surface area (Å²) in [5.41, 5.74) is 1.53. The third-order valence-electron chi connectivity index (χ3n) is 3.05. The van der Waals surface area contributed by atoms with Gasteiger partial charge in [0.15, 0.2) is 5.78 Å². The molecule has 0 saturated carbocycles. The van der Waals surface area contributed by atoms with E-state index in [1.165, 1.54) is 0 Å². The lowest BCUT2D eigenvalue weighted by Crippen LogP contribution is -1.98. The predicted octanol–water partition coefficient (Wildman–Crippen LogP) is 4.95. The quantitative estimate of drug-likeness (QED) is 0.728. The van der Waals surface area contributed by atoms with E-state index in [9.17, 15) is 4.79 Å². The summed E-state index contributed by atoms with van der Waals surface area (Å²) in [4.78, 5) is 11.7. The molecule has 1 aromatic heterocycles. The lowest BCUT2D eigenvalue weighted by Gasteiger charge is -2.06. The molecule has 2 nitrogen and oxygen atoms in total. The van der Waals surface area contributed by atoms with Crippen molar-refractivity contribution in [3.63, 3.8) is 0 Å². The van der Waals surface area contributed by atoms with Crippen molar-refractivity contribution in [1.82, 2.24) is 4.57 Å². The number of ketones is 1. The Morgan fingerprint density at radius 1 is 1.33 bits per heavy atom. The second kappa shape index (κ2) is 5.33. The lowest BCUT2D eigenvalue weighted by atomic mass is 10.1. The van der Waals surface area contributed by atoms with Crippen molar-refractivity contribution in [3.8, 4) is 0 Å². The smallest absolute Gasteiger partial charge is 0.163 e. The van der Waals surface area contributed by atoms with Crippen molar-refractivity contribution in [2.24, 2.45) is 0 Å². The van der Waals surface area contributed by atoms with Crippen LogP contribution < -0.4 is 0 Å². The van der Waals surface area contributed by atoms with Crippen LogP contribution in [0.5, 0.6) is 0 Å². The number of benzene rings is 1. The van der Waals surface area contributed by atoms with E-state index in [0.717, 1.165) is 30.3 Å². The third-order valence-corrected chi connectivity index (χ3v) is 3.68. The highest BCUT2D eigenvalue weighted by Gasteiger charge is 2.18. The van der Waals surface area contributed by atoms with Crippen LogP contribution >= 0.6 is 23.2 Å². The number of halogens is 2. The molecule has 0 aliphatic rings. The molecule has 2 rings (SSSR count). The first kappa shape index (κ1) is 13.4. The Bertz CT molecular complexity index is 601. The summed E-state index contributed by atoms with van der Waals surface area (Å²) in [6, 6.07) is 5.52. The van der Waals surface area contributed by atoms with Crippen LogP contribution in [-0.4, -0.2) is 10.4 Å². The number of hydrogen-bond donors (Lipinski definition) is 0. The van der Waals surface area contributed by atoms with Gasteiger partial charge in [0.2, 0.25) is 0 Å². The summed E-state index contributed by atoms with van der Waals surface area (Å²) in [6.45, 7) is 4.47. The standard InChI is InChI=1S/C14H15Cl2NO/c1-3-4-7-17-12-8-10(15)5-6-11(12)13(9(2)18)14(17)16/h5-6,8H,3-4,7H2,1-2H3. The molecule has 0 radical (unpaired) electrons. The maximum atomic E-state index is 11.7. The summed E-state index contributed by atoms with van der Waals surface area (Å²) in [5.74, 6) is -0.0115. The molecule has 1 aromatic carbocycles.